The van der Waals surface area contributed by atoms with Crippen LogP contribution in [0.5, 0.6) is 11.5 Å². The lowest BCUT2D eigenvalue weighted by atomic mass is 10.1. The maximum Gasteiger partial charge on any atom is 0.264 e. The third-order valence-corrected chi connectivity index (χ3v) is 9.91. The maximum absolute atomic E-state index is 13.7. The Morgan fingerprint density at radius 3 is 2.11 bits per heavy atom. The SMILES string of the molecule is COc1ccc(N(CC(=O)Nc2ccc(S(=O)(=O)Nc3cccc4ccccc34)cc2)S(=O)(=O)c2ccccc2)c(OC)c1. The quantitative estimate of drug-likeness (QED) is 0.197. The van der Waals surface area contributed by atoms with E-state index in [2.05, 4.69) is 10.0 Å². The van der Waals surface area contributed by atoms with Gasteiger partial charge in [0.15, 0.2) is 0 Å². The molecule has 0 aromatic heterocycles. The molecule has 5 aromatic rings. The molecule has 0 aliphatic heterocycles. The molecule has 10 nitrogen and oxygen atoms in total. The van der Waals surface area contributed by atoms with Crippen molar-refractivity contribution in [2.75, 3.05) is 35.1 Å². The van der Waals surface area contributed by atoms with Gasteiger partial charge in [0.1, 0.15) is 18.0 Å². The predicted molar refractivity (Wildman–Crippen MR) is 170 cm³/mol. The van der Waals surface area contributed by atoms with E-state index in [-0.39, 0.29) is 26.9 Å². The zero-order valence-electron chi connectivity index (χ0n) is 23.8. The van der Waals surface area contributed by atoms with Crippen molar-refractivity contribution in [2.45, 2.75) is 9.79 Å². The molecule has 0 heterocycles. The summed E-state index contributed by atoms with van der Waals surface area (Å²) in [5.41, 5.74) is 0.847. The van der Waals surface area contributed by atoms with E-state index >= 15 is 0 Å². The number of methoxy groups -OCH3 is 2. The highest BCUT2D eigenvalue weighted by Gasteiger charge is 2.30. The predicted octanol–water partition coefficient (Wildman–Crippen LogP) is 5.49. The van der Waals surface area contributed by atoms with E-state index in [1.165, 1.54) is 62.8 Å². The summed E-state index contributed by atoms with van der Waals surface area (Å²) in [7, 11) is -5.29. The van der Waals surface area contributed by atoms with Gasteiger partial charge in [-0.25, -0.2) is 16.8 Å². The fraction of sp³-hybridized carbons (Fsp3) is 0.0938. The molecule has 0 saturated carbocycles. The number of hydrogen-bond acceptors (Lipinski definition) is 7. The molecule has 5 aromatic carbocycles. The number of anilines is 3. The topological polar surface area (TPSA) is 131 Å². The second kappa shape index (κ2) is 12.7. The monoisotopic (exact) mass is 631 g/mol. The number of ether oxygens (including phenoxy) is 2. The summed E-state index contributed by atoms with van der Waals surface area (Å²) in [6.45, 7) is -0.595. The fourth-order valence-electron chi connectivity index (χ4n) is 4.58. The first-order valence-electron chi connectivity index (χ1n) is 13.3. The van der Waals surface area contributed by atoms with Gasteiger partial charge in [0.05, 0.1) is 35.4 Å². The Morgan fingerprint density at radius 1 is 0.727 bits per heavy atom. The molecule has 0 saturated heterocycles. The van der Waals surface area contributed by atoms with Gasteiger partial charge >= 0.3 is 0 Å². The first-order valence-corrected chi connectivity index (χ1v) is 16.2. The van der Waals surface area contributed by atoms with E-state index in [4.69, 9.17) is 9.47 Å². The lowest BCUT2D eigenvalue weighted by Crippen LogP contribution is -2.38. The molecule has 5 rings (SSSR count). The Balaban J connectivity index is 1.37. The maximum atomic E-state index is 13.7. The van der Waals surface area contributed by atoms with Crippen molar-refractivity contribution in [1.82, 2.24) is 0 Å². The van der Waals surface area contributed by atoms with Gasteiger partial charge in [0.25, 0.3) is 20.0 Å². The first kappa shape index (κ1) is 30.4. The molecular weight excluding hydrogens is 603 g/mol. The summed E-state index contributed by atoms with van der Waals surface area (Å²) >= 11 is 0. The van der Waals surface area contributed by atoms with E-state index in [9.17, 15) is 21.6 Å². The van der Waals surface area contributed by atoms with Gasteiger partial charge in [-0.3, -0.25) is 13.8 Å². The van der Waals surface area contributed by atoms with Gasteiger partial charge in [-0.1, -0.05) is 54.6 Å². The molecule has 0 aliphatic rings. The number of rotatable bonds is 11. The molecule has 2 N–H and O–H groups in total. The molecule has 0 unspecified atom stereocenters. The normalized spacial score (nSPS) is 11.5. The zero-order chi connectivity index (χ0) is 31.3. The highest BCUT2D eigenvalue weighted by atomic mass is 32.2. The largest absolute Gasteiger partial charge is 0.497 e. The molecule has 0 bridgehead atoms. The second-order valence-electron chi connectivity index (χ2n) is 9.57. The van der Waals surface area contributed by atoms with Gasteiger partial charge < -0.3 is 14.8 Å². The van der Waals surface area contributed by atoms with E-state index in [1.807, 2.05) is 30.3 Å². The average molecular weight is 632 g/mol. The molecule has 0 fully saturated rings. The minimum Gasteiger partial charge on any atom is -0.497 e. The number of nitrogens with one attached hydrogen (secondary N) is 2. The second-order valence-corrected chi connectivity index (χ2v) is 13.1. The van der Waals surface area contributed by atoms with Gasteiger partial charge in [-0.05, 0) is 60.0 Å². The van der Waals surface area contributed by atoms with Gasteiger partial charge in [-0.2, -0.15) is 0 Å². The van der Waals surface area contributed by atoms with Crippen molar-refractivity contribution in [3.8, 4) is 11.5 Å². The van der Waals surface area contributed by atoms with E-state index in [1.54, 1.807) is 36.4 Å². The molecule has 0 aliphatic carbocycles. The van der Waals surface area contributed by atoms with Crippen LogP contribution >= 0.6 is 0 Å². The summed E-state index contributed by atoms with van der Waals surface area (Å²) in [6.07, 6.45) is 0. The molecule has 0 radical (unpaired) electrons. The Kier molecular flexibility index (Phi) is 8.74. The highest BCUT2D eigenvalue weighted by Crippen LogP contribution is 2.35. The van der Waals surface area contributed by atoms with E-state index < -0.39 is 32.5 Å². The number of carbonyl (C=O) groups excluding carboxylic acids is 1. The van der Waals surface area contributed by atoms with Crippen LogP contribution in [0.4, 0.5) is 17.1 Å². The molecule has 44 heavy (non-hydrogen) atoms. The van der Waals surface area contributed by atoms with Crippen LogP contribution in [0.15, 0.2) is 125 Å². The summed E-state index contributed by atoms with van der Waals surface area (Å²) in [5, 5.41) is 4.30. The molecule has 0 spiro atoms. The van der Waals surface area contributed by atoms with Crippen molar-refractivity contribution in [3.05, 3.63) is 115 Å². The van der Waals surface area contributed by atoms with Crippen LogP contribution in [-0.4, -0.2) is 43.5 Å². The van der Waals surface area contributed by atoms with Crippen LogP contribution < -0.4 is 23.8 Å². The van der Waals surface area contributed by atoms with Crippen LogP contribution in [0.25, 0.3) is 10.8 Å². The number of nitrogens with zero attached hydrogens (tertiary/aromatic N) is 1. The summed E-state index contributed by atoms with van der Waals surface area (Å²) < 4.78 is 67.9. The number of hydrogen-bond donors (Lipinski definition) is 2. The smallest absolute Gasteiger partial charge is 0.264 e. The van der Waals surface area contributed by atoms with Crippen LogP contribution in [-0.2, 0) is 24.8 Å². The Labute approximate surface area is 256 Å². The minimum absolute atomic E-state index is 0.0142. The van der Waals surface area contributed by atoms with Gasteiger partial charge in [0, 0.05) is 17.1 Å². The molecule has 0 atom stereocenters. The van der Waals surface area contributed by atoms with E-state index in [0.717, 1.165) is 15.1 Å². The average Bonchev–Trinajstić information content (AvgIpc) is 3.04. The third-order valence-electron chi connectivity index (χ3n) is 6.76. The number of fused-ring (bicyclic) bond motifs is 1. The molecule has 226 valence electrons. The third kappa shape index (κ3) is 6.46. The fourth-order valence-corrected chi connectivity index (χ4v) is 7.11. The van der Waals surface area contributed by atoms with Crippen molar-refractivity contribution in [1.29, 1.82) is 0 Å². The summed E-state index contributed by atoms with van der Waals surface area (Å²) in [4.78, 5) is 13.2. The Hall–Kier alpha value is -5.07. The summed E-state index contributed by atoms with van der Waals surface area (Å²) in [6, 6.07) is 30.6. The van der Waals surface area contributed by atoms with Gasteiger partial charge in [-0.15, -0.1) is 0 Å². The minimum atomic E-state index is -4.20. The van der Waals surface area contributed by atoms with Crippen molar-refractivity contribution in [3.63, 3.8) is 0 Å². The van der Waals surface area contributed by atoms with Crippen LogP contribution in [0.2, 0.25) is 0 Å². The van der Waals surface area contributed by atoms with E-state index in [0.29, 0.717) is 11.4 Å². The standard InChI is InChI=1S/C32H29N3O7S2/c1-41-25-17-20-30(31(21-25)42-2)35(44(39,40)27-11-4-3-5-12-27)22-32(36)33-24-15-18-26(19-16-24)43(37,38)34-29-14-8-10-23-9-6-7-13-28(23)29/h3-21,34H,22H2,1-2H3,(H,33,36). The van der Waals surface area contributed by atoms with Gasteiger partial charge in [0.2, 0.25) is 5.91 Å². The van der Waals surface area contributed by atoms with Crippen molar-refractivity contribution >= 4 is 53.8 Å². The lowest BCUT2D eigenvalue weighted by Gasteiger charge is -2.26. The van der Waals surface area contributed by atoms with Crippen LogP contribution in [0.1, 0.15) is 0 Å². The molecular formula is C32H29N3O7S2. The lowest BCUT2D eigenvalue weighted by molar-refractivity contribution is -0.114. The zero-order valence-corrected chi connectivity index (χ0v) is 25.4. The van der Waals surface area contributed by atoms with Crippen LogP contribution in [0, 0.1) is 0 Å². The Morgan fingerprint density at radius 2 is 1.41 bits per heavy atom. The molecule has 12 heteroatoms. The Bertz CT molecular complexity index is 2010. The number of amides is 1. The van der Waals surface area contributed by atoms with Crippen LogP contribution in [0.3, 0.4) is 0 Å². The number of sulfonamides is 2. The summed E-state index contributed by atoms with van der Waals surface area (Å²) in [5.74, 6) is -0.0335. The van der Waals surface area contributed by atoms with Crippen molar-refractivity contribution < 1.29 is 31.1 Å². The first-order chi connectivity index (χ1) is 21.1. The number of benzene rings is 5. The van der Waals surface area contributed by atoms with Crippen molar-refractivity contribution in [2.24, 2.45) is 0 Å². The number of carbonyl (C=O) groups is 1. The molecule has 1 amide bonds. The highest BCUT2D eigenvalue weighted by molar-refractivity contribution is 7.93.